The second kappa shape index (κ2) is 7.85. The molecule has 2 aromatic carbocycles. The van der Waals surface area contributed by atoms with E-state index in [-0.39, 0.29) is 6.29 Å². The number of fused-ring (bicyclic) bond motifs is 2. The number of methoxy groups -OCH3 is 1. The molecule has 1 aliphatic rings. The number of amidine groups is 1. The largest absolute Gasteiger partial charge is 0.497 e. The lowest BCUT2D eigenvalue weighted by atomic mass is 10.1. The van der Waals surface area contributed by atoms with Crippen molar-refractivity contribution in [3.05, 3.63) is 72.2 Å². The molecule has 0 saturated heterocycles. The topological polar surface area (TPSA) is 94.5 Å². The Morgan fingerprint density at radius 2 is 2.03 bits per heavy atom. The van der Waals surface area contributed by atoms with Crippen molar-refractivity contribution in [1.29, 1.82) is 0 Å². The average Bonchev–Trinajstić information content (AvgIpc) is 3.35. The van der Waals surface area contributed by atoms with Gasteiger partial charge in [-0.1, -0.05) is 0 Å². The van der Waals surface area contributed by atoms with E-state index >= 15 is 0 Å². The molecule has 1 atom stereocenters. The van der Waals surface area contributed by atoms with Crippen molar-refractivity contribution in [3.63, 3.8) is 0 Å². The van der Waals surface area contributed by atoms with Gasteiger partial charge >= 0.3 is 0 Å². The van der Waals surface area contributed by atoms with Crippen LogP contribution in [0, 0.1) is 6.92 Å². The highest BCUT2D eigenvalue weighted by atomic mass is 16.5. The van der Waals surface area contributed by atoms with Crippen LogP contribution in [0.4, 0.5) is 5.69 Å². The Bertz CT molecular complexity index is 1300. The third-order valence-corrected chi connectivity index (χ3v) is 5.67. The zero-order chi connectivity index (χ0) is 21.4. The summed E-state index contributed by atoms with van der Waals surface area (Å²) in [5.74, 6) is 1.38. The van der Waals surface area contributed by atoms with E-state index in [0.29, 0.717) is 5.84 Å². The minimum absolute atomic E-state index is 0.262. The van der Waals surface area contributed by atoms with Gasteiger partial charge in [0.05, 0.1) is 7.11 Å². The van der Waals surface area contributed by atoms with Crippen LogP contribution in [-0.2, 0) is 6.42 Å². The number of nitrogens with zero attached hydrogens (tertiary/aromatic N) is 2. The Labute approximate surface area is 180 Å². The number of rotatable bonds is 6. The Kier molecular flexibility index (Phi) is 4.88. The Morgan fingerprint density at radius 1 is 1.16 bits per heavy atom. The SMILES string of the molecule is COc1ccc2[nH]cc(CCNC3N=C(N)C=CN3c3ccc4[nH]c(C)cc4c3)c2c1. The number of aryl methyl sites for hydroxylation is 1. The van der Waals surface area contributed by atoms with E-state index < -0.39 is 0 Å². The van der Waals surface area contributed by atoms with Crippen LogP contribution < -0.4 is 20.7 Å². The van der Waals surface area contributed by atoms with Crippen LogP contribution in [0.3, 0.4) is 0 Å². The summed E-state index contributed by atoms with van der Waals surface area (Å²) in [6.45, 7) is 2.82. The lowest BCUT2D eigenvalue weighted by Gasteiger charge is -2.31. The van der Waals surface area contributed by atoms with Crippen LogP contribution in [0.2, 0.25) is 0 Å². The summed E-state index contributed by atoms with van der Waals surface area (Å²) in [5.41, 5.74) is 11.7. The predicted molar refractivity (Wildman–Crippen MR) is 127 cm³/mol. The van der Waals surface area contributed by atoms with Gasteiger partial charge < -0.3 is 25.3 Å². The van der Waals surface area contributed by atoms with Crippen molar-refractivity contribution in [2.45, 2.75) is 19.6 Å². The maximum Gasteiger partial charge on any atom is 0.182 e. The molecule has 0 radical (unpaired) electrons. The fraction of sp³-hybridized carbons (Fsp3) is 0.208. The summed E-state index contributed by atoms with van der Waals surface area (Å²) >= 11 is 0. The molecule has 0 saturated carbocycles. The van der Waals surface area contributed by atoms with E-state index in [2.05, 4.69) is 68.6 Å². The van der Waals surface area contributed by atoms with Gasteiger partial charge in [-0.15, -0.1) is 0 Å². The zero-order valence-corrected chi connectivity index (χ0v) is 17.6. The number of benzene rings is 2. The van der Waals surface area contributed by atoms with Gasteiger partial charge in [0.1, 0.15) is 11.6 Å². The van der Waals surface area contributed by atoms with Crippen LogP contribution in [0.25, 0.3) is 21.8 Å². The van der Waals surface area contributed by atoms with Crippen molar-refractivity contribution < 1.29 is 4.74 Å². The first-order valence-corrected chi connectivity index (χ1v) is 10.4. The molecule has 1 aliphatic heterocycles. The molecule has 3 heterocycles. The number of ether oxygens (including phenoxy) is 1. The fourth-order valence-electron chi connectivity index (χ4n) is 4.11. The number of hydrogen-bond acceptors (Lipinski definition) is 5. The van der Waals surface area contributed by atoms with Crippen LogP contribution >= 0.6 is 0 Å². The molecule has 1 unspecified atom stereocenters. The zero-order valence-electron chi connectivity index (χ0n) is 17.6. The summed E-state index contributed by atoms with van der Waals surface area (Å²) < 4.78 is 5.38. The summed E-state index contributed by atoms with van der Waals surface area (Å²) in [4.78, 5) is 13.4. The first kappa shape index (κ1) is 19.3. The minimum atomic E-state index is -0.262. The number of aromatic nitrogens is 2. The lowest BCUT2D eigenvalue weighted by molar-refractivity contribution is 0.415. The van der Waals surface area contributed by atoms with Crippen molar-refractivity contribution in [1.82, 2.24) is 15.3 Å². The van der Waals surface area contributed by atoms with Gasteiger partial charge in [0, 0.05) is 52.1 Å². The maximum absolute atomic E-state index is 6.00. The van der Waals surface area contributed by atoms with Gasteiger partial charge in [-0.2, -0.15) is 0 Å². The summed E-state index contributed by atoms with van der Waals surface area (Å²) in [7, 11) is 1.69. The molecule has 5 rings (SSSR count). The fourth-order valence-corrected chi connectivity index (χ4v) is 4.11. The van der Waals surface area contributed by atoms with Crippen LogP contribution in [0.15, 0.2) is 65.9 Å². The first-order chi connectivity index (χ1) is 15.1. The molecule has 158 valence electrons. The molecule has 31 heavy (non-hydrogen) atoms. The maximum atomic E-state index is 6.00. The molecule has 7 nitrogen and oxygen atoms in total. The van der Waals surface area contributed by atoms with E-state index in [4.69, 9.17) is 10.5 Å². The van der Waals surface area contributed by atoms with Gasteiger partial charge in [0.15, 0.2) is 6.29 Å². The van der Waals surface area contributed by atoms with Crippen molar-refractivity contribution in [2.24, 2.45) is 10.7 Å². The third kappa shape index (κ3) is 3.75. The van der Waals surface area contributed by atoms with Gasteiger partial charge in [0.25, 0.3) is 0 Å². The first-order valence-electron chi connectivity index (χ1n) is 10.4. The number of aliphatic imine (C=N–C) groups is 1. The standard InChI is InChI=1S/C24H26N6O/c1-15-11-17-12-18(3-5-21(17)28-15)30-10-8-23(25)29-24(30)26-9-7-16-14-27-22-6-4-19(31-2)13-20(16)22/h3-6,8,10-14,24,26-28H,7,9H2,1-2H3,(H2,25,29). The molecular weight excluding hydrogens is 388 g/mol. The van der Waals surface area contributed by atoms with Gasteiger partial charge in [-0.3, -0.25) is 5.32 Å². The van der Waals surface area contributed by atoms with Crippen molar-refractivity contribution >= 4 is 33.3 Å². The van der Waals surface area contributed by atoms with Crippen molar-refractivity contribution in [2.75, 3.05) is 18.6 Å². The van der Waals surface area contributed by atoms with Gasteiger partial charge in [0.2, 0.25) is 0 Å². The second-order valence-corrected chi connectivity index (χ2v) is 7.80. The van der Waals surface area contributed by atoms with Crippen LogP contribution in [-0.4, -0.2) is 35.7 Å². The molecule has 7 heteroatoms. The number of nitrogens with two attached hydrogens (primary N) is 1. The number of nitrogens with one attached hydrogen (secondary N) is 3. The highest BCUT2D eigenvalue weighted by Crippen LogP contribution is 2.26. The number of hydrogen-bond donors (Lipinski definition) is 4. The molecule has 0 bridgehead atoms. The minimum Gasteiger partial charge on any atom is -0.497 e. The number of H-pyrrole nitrogens is 2. The highest BCUT2D eigenvalue weighted by molar-refractivity contribution is 5.93. The normalized spacial score (nSPS) is 16.3. The Morgan fingerprint density at radius 3 is 2.90 bits per heavy atom. The monoisotopic (exact) mass is 414 g/mol. The van der Waals surface area contributed by atoms with E-state index in [1.54, 1.807) is 7.11 Å². The van der Waals surface area contributed by atoms with E-state index in [0.717, 1.165) is 41.1 Å². The van der Waals surface area contributed by atoms with Gasteiger partial charge in [-0.25, -0.2) is 4.99 Å². The number of anilines is 1. The highest BCUT2D eigenvalue weighted by Gasteiger charge is 2.19. The van der Waals surface area contributed by atoms with E-state index in [9.17, 15) is 0 Å². The van der Waals surface area contributed by atoms with E-state index in [1.165, 1.54) is 16.3 Å². The Balaban J connectivity index is 1.33. The molecule has 0 aliphatic carbocycles. The lowest BCUT2D eigenvalue weighted by Crippen LogP contribution is -2.45. The third-order valence-electron chi connectivity index (χ3n) is 5.67. The van der Waals surface area contributed by atoms with Crippen LogP contribution in [0.5, 0.6) is 5.75 Å². The molecule has 5 N–H and O–H groups in total. The van der Waals surface area contributed by atoms with Crippen LogP contribution in [0.1, 0.15) is 11.3 Å². The molecule has 2 aromatic heterocycles. The quantitative estimate of drug-likeness (QED) is 0.386. The molecule has 0 spiro atoms. The van der Waals surface area contributed by atoms with Crippen molar-refractivity contribution in [3.8, 4) is 5.75 Å². The molecule has 0 amide bonds. The summed E-state index contributed by atoms with van der Waals surface area (Å²) in [6, 6.07) is 14.6. The summed E-state index contributed by atoms with van der Waals surface area (Å²) in [5, 5.41) is 5.90. The average molecular weight is 415 g/mol. The second-order valence-electron chi connectivity index (χ2n) is 7.80. The molecule has 0 fully saturated rings. The predicted octanol–water partition coefficient (Wildman–Crippen LogP) is 3.77. The molecule has 4 aromatic rings. The number of aromatic amines is 2. The van der Waals surface area contributed by atoms with Gasteiger partial charge in [-0.05, 0) is 67.4 Å². The Hall–Kier alpha value is -3.71. The smallest absolute Gasteiger partial charge is 0.182 e. The molecular formula is C24H26N6O. The summed E-state index contributed by atoms with van der Waals surface area (Å²) in [6.07, 6.45) is 6.47. The van der Waals surface area contributed by atoms with E-state index in [1.807, 2.05) is 24.4 Å².